The van der Waals surface area contributed by atoms with Gasteiger partial charge in [0.15, 0.2) is 0 Å². The summed E-state index contributed by atoms with van der Waals surface area (Å²) < 4.78 is 1.90. The molecule has 2 aromatic heterocycles. The molecule has 5 nitrogen and oxygen atoms in total. The Labute approximate surface area is 94.1 Å². The molecule has 3 heterocycles. The maximum Gasteiger partial charge on any atom is 0.136 e. The Morgan fingerprint density at radius 3 is 2.94 bits per heavy atom. The van der Waals surface area contributed by atoms with E-state index in [1.165, 1.54) is 5.69 Å². The average molecular weight is 217 g/mol. The Balaban J connectivity index is 2.09. The van der Waals surface area contributed by atoms with Gasteiger partial charge in [-0.1, -0.05) is 0 Å². The molecule has 5 heteroatoms. The van der Waals surface area contributed by atoms with E-state index in [-0.39, 0.29) is 0 Å². The number of hydrogen-bond donors (Lipinski definition) is 1. The summed E-state index contributed by atoms with van der Waals surface area (Å²) in [6.07, 6.45) is 3.60. The number of aryl methyl sites for hydroxylation is 1. The van der Waals surface area contributed by atoms with Crippen molar-refractivity contribution in [2.45, 2.75) is 6.92 Å². The molecular formula is C11H15N5. The zero-order chi connectivity index (χ0) is 11.0. The maximum absolute atomic E-state index is 4.26. The zero-order valence-electron chi connectivity index (χ0n) is 9.35. The highest BCUT2D eigenvalue weighted by Crippen LogP contribution is 2.24. The van der Waals surface area contributed by atoms with Crippen LogP contribution in [0.3, 0.4) is 0 Å². The van der Waals surface area contributed by atoms with Crippen LogP contribution in [0.2, 0.25) is 0 Å². The summed E-state index contributed by atoms with van der Waals surface area (Å²) in [5, 5.41) is 7.58. The summed E-state index contributed by atoms with van der Waals surface area (Å²) in [5.74, 6) is 0. The van der Waals surface area contributed by atoms with Crippen LogP contribution in [0.25, 0.3) is 5.52 Å². The van der Waals surface area contributed by atoms with Crippen LogP contribution in [0.5, 0.6) is 0 Å². The fraction of sp³-hybridized carbons (Fsp3) is 0.455. The van der Waals surface area contributed by atoms with E-state index >= 15 is 0 Å². The van der Waals surface area contributed by atoms with Gasteiger partial charge in [-0.25, -0.2) is 9.50 Å². The van der Waals surface area contributed by atoms with Crippen molar-refractivity contribution < 1.29 is 0 Å². The van der Waals surface area contributed by atoms with Crippen LogP contribution in [0.4, 0.5) is 5.69 Å². The van der Waals surface area contributed by atoms with Gasteiger partial charge in [-0.15, -0.1) is 0 Å². The number of hydrogen-bond acceptors (Lipinski definition) is 4. The second-order valence-corrected chi connectivity index (χ2v) is 4.08. The van der Waals surface area contributed by atoms with Crippen molar-refractivity contribution in [3.63, 3.8) is 0 Å². The second kappa shape index (κ2) is 3.75. The van der Waals surface area contributed by atoms with Gasteiger partial charge in [0.25, 0.3) is 0 Å². The van der Waals surface area contributed by atoms with Crippen LogP contribution in [-0.4, -0.2) is 40.8 Å². The summed E-state index contributed by atoms with van der Waals surface area (Å²) in [7, 11) is 0. The molecule has 0 spiro atoms. The third kappa shape index (κ3) is 1.44. The van der Waals surface area contributed by atoms with Crippen LogP contribution in [0.15, 0.2) is 18.6 Å². The SMILES string of the molecule is Cc1ncnn2ccc(N3CCNCC3)c12. The van der Waals surface area contributed by atoms with E-state index in [4.69, 9.17) is 0 Å². The Hall–Kier alpha value is -1.62. The highest BCUT2D eigenvalue weighted by atomic mass is 15.3. The van der Waals surface area contributed by atoms with Crippen molar-refractivity contribution in [1.82, 2.24) is 19.9 Å². The Bertz CT molecular complexity index is 498. The van der Waals surface area contributed by atoms with Crippen molar-refractivity contribution in [3.8, 4) is 0 Å². The first-order chi connectivity index (χ1) is 7.86. The summed E-state index contributed by atoms with van der Waals surface area (Å²) in [6.45, 7) is 6.22. The molecule has 0 atom stereocenters. The topological polar surface area (TPSA) is 45.5 Å². The van der Waals surface area contributed by atoms with E-state index in [0.717, 1.165) is 37.4 Å². The lowest BCUT2D eigenvalue weighted by Crippen LogP contribution is -2.43. The van der Waals surface area contributed by atoms with Crippen LogP contribution >= 0.6 is 0 Å². The fourth-order valence-corrected chi connectivity index (χ4v) is 2.25. The highest BCUT2D eigenvalue weighted by molar-refractivity contribution is 5.75. The number of nitrogens with one attached hydrogen (secondary N) is 1. The van der Waals surface area contributed by atoms with Crippen molar-refractivity contribution in [2.24, 2.45) is 0 Å². The van der Waals surface area contributed by atoms with Gasteiger partial charge < -0.3 is 10.2 Å². The van der Waals surface area contributed by atoms with E-state index in [1.807, 2.05) is 17.6 Å². The molecule has 0 radical (unpaired) electrons. The Morgan fingerprint density at radius 1 is 1.31 bits per heavy atom. The molecule has 0 aromatic carbocycles. The molecule has 1 aliphatic rings. The third-order valence-electron chi connectivity index (χ3n) is 3.07. The lowest BCUT2D eigenvalue weighted by Gasteiger charge is -2.28. The standard InChI is InChI=1S/C11H15N5/c1-9-11-10(15-6-3-12-4-7-15)2-5-16(11)14-8-13-9/h2,5,8,12H,3-4,6-7H2,1H3. The van der Waals surface area contributed by atoms with Crippen molar-refractivity contribution >= 4 is 11.2 Å². The molecular weight excluding hydrogens is 202 g/mol. The molecule has 0 unspecified atom stereocenters. The van der Waals surface area contributed by atoms with E-state index in [0.29, 0.717) is 0 Å². The number of anilines is 1. The van der Waals surface area contributed by atoms with Crippen molar-refractivity contribution in [3.05, 3.63) is 24.3 Å². The van der Waals surface area contributed by atoms with Gasteiger partial charge in [-0.2, -0.15) is 5.10 Å². The zero-order valence-corrected chi connectivity index (χ0v) is 9.35. The summed E-state index contributed by atoms with van der Waals surface area (Å²) in [5.41, 5.74) is 3.41. The first-order valence-electron chi connectivity index (χ1n) is 5.61. The molecule has 1 saturated heterocycles. The van der Waals surface area contributed by atoms with E-state index < -0.39 is 0 Å². The van der Waals surface area contributed by atoms with Gasteiger partial charge >= 0.3 is 0 Å². The lowest BCUT2D eigenvalue weighted by molar-refractivity contribution is 0.590. The summed E-state index contributed by atoms with van der Waals surface area (Å²) in [4.78, 5) is 6.65. The van der Waals surface area contributed by atoms with Gasteiger partial charge in [-0.3, -0.25) is 0 Å². The number of rotatable bonds is 1. The van der Waals surface area contributed by atoms with Gasteiger partial charge in [0.2, 0.25) is 0 Å². The van der Waals surface area contributed by atoms with E-state index in [2.05, 4.69) is 26.4 Å². The Kier molecular flexibility index (Phi) is 2.25. The van der Waals surface area contributed by atoms with Gasteiger partial charge in [0.1, 0.15) is 11.8 Å². The number of fused-ring (bicyclic) bond motifs is 1. The predicted octanol–water partition coefficient (Wildman–Crippen LogP) is 0.447. The molecule has 0 aliphatic carbocycles. The van der Waals surface area contributed by atoms with Crippen LogP contribution < -0.4 is 10.2 Å². The van der Waals surface area contributed by atoms with Gasteiger partial charge in [-0.05, 0) is 13.0 Å². The molecule has 0 saturated carbocycles. The minimum absolute atomic E-state index is 1.04. The lowest BCUT2D eigenvalue weighted by atomic mass is 10.2. The van der Waals surface area contributed by atoms with Crippen LogP contribution in [-0.2, 0) is 0 Å². The molecule has 1 N–H and O–H groups in total. The smallest absolute Gasteiger partial charge is 0.136 e. The molecule has 1 fully saturated rings. The fourth-order valence-electron chi connectivity index (χ4n) is 2.25. The molecule has 0 amide bonds. The second-order valence-electron chi connectivity index (χ2n) is 4.08. The van der Waals surface area contributed by atoms with Crippen LogP contribution in [0.1, 0.15) is 5.69 Å². The number of nitrogens with zero attached hydrogens (tertiary/aromatic N) is 4. The first-order valence-corrected chi connectivity index (χ1v) is 5.61. The maximum atomic E-state index is 4.26. The van der Waals surface area contributed by atoms with Gasteiger partial charge in [0, 0.05) is 32.4 Å². The third-order valence-corrected chi connectivity index (χ3v) is 3.07. The van der Waals surface area contributed by atoms with Gasteiger partial charge in [0.05, 0.1) is 11.4 Å². The molecule has 16 heavy (non-hydrogen) atoms. The number of aromatic nitrogens is 3. The summed E-state index contributed by atoms with van der Waals surface area (Å²) >= 11 is 0. The van der Waals surface area contributed by atoms with Crippen molar-refractivity contribution in [1.29, 1.82) is 0 Å². The predicted molar refractivity (Wildman–Crippen MR) is 62.8 cm³/mol. The Morgan fingerprint density at radius 2 is 2.12 bits per heavy atom. The van der Waals surface area contributed by atoms with Crippen LogP contribution in [0, 0.1) is 6.92 Å². The monoisotopic (exact) mass is 217 g/mol. The molecule has 0 bridgehead atoms. The van der Waals surface area contributed by atoms with E-state index in [1.54, 1.807) is 6.33 Å². The average Bonchev–Trinajstić information content (AvgIpc) is 2.75. The molecule has 84 valence electrons. The highest BCUT2D eigenvalue weighted by Gasteiger charge is 2.15. The van der Waals surface area contributed by atoms with E-state index in [9.17, 15) is 0 Å². The quantitative estimate of drug-likeness (QED) is 0.753. The minimum Gasteiger partial charge on any atom is -0.367 e. The largest absolute Gasteiger partial charge is 0.367 e. The molecule has 1 aliphatic heterocycles. The molecule has 2 aromatic rings. The summed E-state index contributed by atoms with van der Waals surface area (Å²) in [6, 6.07) is 2.13. The normalized spacial score (nSPS) is 16.9. The minimum atomic E-state index is 1.04. The first kappa shape index (κ1) is 9.59. The van der Waals surface area contributed by atoms with Crippen molar-refractivity contribution in [2.75, 3.05) is 31.1 Å². The molecule has 3 rings (SSSR count). The number of piperazine rings is 1.